The predicted molar refractivity (Wildman–Crippen MR) is 161 cm³/mol. The summed E-state index contributed by atoms with van der Waals surface area (Å²) < 4.78 is 69.2. The van der Waals surface area contributed by atoms with Gasteiger partial charge in [0, 0.05) is 42.9 Å². The number of fused-ring (bicyclic) bond motifs is 1. The molecule has 3 amide bonds. The van der Waals surface area contributed by atoms with Crippen molar-refractivity contribution in [1.82, 2.24) is 25.2 Å². The molecule has 0 atom stereocenters. The van der Waals surface area contributed by atoms with Crippen LogP contribution in [0.25, 0.3) is 11.3 Å². The quantitative estimate of drug-likeness (QED) is 0.287. The topological polar surface area (TPSA) is 111 Å². The van der Waals surface area contributed by atoms with Crippen LogP contribution in [0, 0.1) is 18.6 Å². The van der Waals surface area contributed by atoms with Gasteiger partial charge in [-0.3, -0.25) is 4.79 Å². The summed E-state index contributed by atoms with van der Waals surface area (Å²) >= 11 is 0. The largest absolute Gasteiger partial charge is 0.493 e. The van der Waals surface area contributed by atoms with E-state index in [1.165, 1.54) is 38.1 Å². The number of piperazine rings is 1. The highest BCUT2D eigenvalue weighted by molar-refractivity contribution is 6.02. The zero-order chi connectivity index (χ0) is 34.2. The second-order valence-corrected chi connectivity index (χ2v) is 11.3. The number of para-hydroxylation sites is 1. The van der Waals surface area contributed by atoms with Crippen LogP contribution >= 0.6 is 0 Å². The number of nitrogens with zero attached hydrogens (tertiary/aromatic N) is 6. The highest BCUT2D eigenvalue weighted by Crippen LogP contribution is 2.40. The Morgan fingerprint density at radius 1 is 1.04 bits per heavy atom. The molecule has 5 rings (SSSR count). The van der Waals surface area contributed by atoms with Crippen molar-refractivity contribution in [3.63, 3.8) is 0 Å². The normalized spacial score (nSPS) is 15.4. The van der Waals surface area contributed by atoms with Crippen molar-refractivity contribution in [2.45, 2.75) is 46.5 Å². The molecule has 3 heterocycles. The van der Waals surface area contributed by atoms with E-state index < -0.39 is 47.4 Å². The lowest BCUT2D eigenvalue weighted by atomic mass is 9.97. The molecule has 0 saturated carbocycles. The number of hydrogen-bond donors (Lipinski definition) is 1. The minimum atomic E-state index is -5.33. The highest BCUT2D eigenvalue weighted by atomic mass is 19.4. The maximum atomic E-state index is 15.1. The van der Waals surface area contributed by atoms with E-state index >= 15 is 8.78 Å². The number of carbonyl (C=O) groups excluding carboxylic acids is 3. The van der Waals surface area contributed by atoms with E-state index in [1.807, 2.05) is 11.8 Å². The van der Waals surface area contributed by atoms with Gasteiger partial charge in [0.25, 0.3) is 5.91 Å². The Morgan fingerprint density at radius 2 is 1.70 bits per heavy atom. The minimum absolute atomic E-state index is 0.0743. The molecular weight excluding hydrogens is 629 g/mol. The van der Waals surface area contributed by atoms with Crippen LogP contribution in [-0.2, 0) is 16.2 Å². The fraction of sp³-hybridized carbons (Fsp3) is 0.387. The van der Waals surface area contributed by atoms with Crippen molar-refractivity contribution in [1.29, 1.82) is 0 Å². The molecule has 1 aromatic heterocycles. The van der Waals surface area contributed by atoms with E-state index in [2.05, 4.69) is 20.0 Å². The van der Waals surface area contributed by atoms with Gasteiger partial charge in [-0.2, -0.15) is 23.2 Å². The van der Waals surface area contributed by atoms with Gasteiger partial charge in [0.1, 0.15) is 17.3 Å². The number of carbonyl (C=O) groups is 3. The zero-order valence-corrected chi connectivity index (χ0v) is 26.0. The van der Waals surface area contributed by atoms with Gasteiger partial charge in [-0.05, 0) is 57.1 Å². The van der Waals surface area contributed by atoms with Crippen LogP contribution in [0.2, 0.25) is 0 Å². The van der Waals surface area contributed by atoms with Gasteiger partial charge in [0.2, 0.25) is 5.95 Å². The molecule has 0 unspecified atom stereocenters. The highest BCUT2D eigenvalue weighted by Gasteiger charge is 2.44. The third kappa shape index (κ3) is 6.68. The number of aryl methyl sites for hydroxylation is 1. The zero-order valence-electron chi connectivity index (χ0n) is 26.0. The van der Waals surface area contributed by atoms with Gasteiger partial charge in [-0.1, -0.05) is 19.1 Å². The van der Waals surface area contributed by atoms with Crippen LogP contribution in [-0.4, -0.2) is 82.8 Å². The molecule has 1 saturated heterocycles. The van der Waals surface area contributed by atoms with Gasteiger partial charge in [-0.25, -0.2) is 28.3 Å². The maximum absolute atomic E-state index is 15.1. The lowest BCUT2D eigenvalue weighted by molar-refractivity contribution is -0.232. The first-order valence-corrected chi connectivity index (χ1v) is 14.8. The third-order valence-corrected chi connectivity index (χ3v) is 7.89. The minimum Gasteiger partial charge on any atom is -0.338 e. The number of amides is 3. The van der Waals surface area contributed by atoms with Crippen LogP contribution < -0.4 is 15.1 Å². The molecule has 11 nitrogen and oxygen atoms in total. The predicted octanol–water partition coefficient (Wildman–Crippen LogP) is 5.10. The van der Waals surface area contributed by atoms with E-state index in [1.54, 1.807) is 6.92 Å². The standard InChI is InChI=1S/C31H32F5N7O4/c1-5-40-11-13-41(14-12-40)29-38-24(21-16-37-30(46)42(26(21)39-29)25-22(32)7-6-8-23(25)33)20-15-19(10-9-18(20)4)27(44)43(17(2)3)47-28(45)31(34,35)36/h6-10,15,17H,5,11-14,16H2,1-4H3,(H,37,46). The Morgan fingerprint density at radius 3 is 2.30 bits per heavy atom. The summed E-state index contributed by atoms with van der Waals surface area (Å²) in [7, 11) is 0. The molecule has 1 N–H and O–H groups in total. The van der Waals surface area contributed by atoms with Crippen LogP contribution in [0.15, 0.2) is 36.4 Å². The Balaban J connectivity index is 1.67. The molecule has 1 fully saturated rings. The smallest absolute Gasteiger partial charge is 0.338 e. The van der Waals surface area contributed by atoms with Crippen LogP contribution in [0.5, 0.6) is 0 Å². The van der Waals surface area contributed by atoms with E-state index in [0.717, 1.165) is 23.6 Å². The van der Waals surface area contributed by atoms with E-state index in [9.17, 15) is 27.6 Å². The molecule has 2 aromatic carbocycles. The molecule has 16 heteroatoms. The molecule has 0 radical (unpaired) electrons. The summed E-state index contributed by atoms with van der Waals surface area (Å²) in [6.07, 6.45) is -5.33. The van der Waals surface area contributed by atoms with Gasteiger partial charge in [0.15, 0.2) is 5.82 Å². The van der Waals surface area contributed by atoms with E-state index in [-0.39, 0.29) is 35.1 Å². The average molecular weight is 662 g/mol. The first-order chi connectivity index (χ1) is 22.2. The van der Waals surface area contributed by atoms with Gasteiger partial charge in [0.05, 0.1) is 18.3 Å². The molecule has 0 aliphatic carbocycles. The fourth-order valence-electron chi connectivity index (χ4n) is 5.35. The van der Waals surface area contributed by atoms with Crippen molar-refractivity contribution in [2.24, 2.45) is 0 Å². The maximum Gasteiger partial charge on any atom is 0.493 e. The Labute approximate surface area is 266 Å². The molecule has 0 spiro atoms. The van der Waals surface area contributed by atoms with Gasteiger partial charge < -0.3 is 20.0 Å². The van der Waals surface area contributed by atoms with E-state index in [4.69, 9.17) is 4.98 Å². The Kier molecular flexibility index (Phi) is 9.34. The lowest BCUT2D eigenvalue weighted by Gasteiger charge is -2.36. The molecule has 2 aliphatic heterocycles. The van der Waals surface area contributed by atoms with Crippen LogP contribution in [0.4, 0.5) is 44.2 Å². The van der Waals surface area contributed by atoms with Crippen LogP contribution in [0.1, 0.15) is 42.3 Å². The fourth-order valence-corrected chi connectivity index (χ4v) is 5.35. The molecule has 3 aromatic rings. The number of hydroxylamine groups is 2. The molecule has 2 aliphatic rings. The number of alkyl halides is 3. The van der Waals surface area contributed by atoms with Crippen molar-refractivity contribution in [3.05, 3.63) is 64.7 Å². The molecule has 250 valence electrons. The Hall–Kier alpha value is -4.86. The van der Waals surface area contributed by atoms with Gasteiger partial charge in [-0.15, -0.1) is 0 Å². The monoisotopic (exact) mass is 661 g/mol. The Bertz CT molecular complexity index is 1690. The average Bonchev–Trinajstić information content (AvgIpc) is 3.03. The molecular formula is C31H32F5N7O4. The second-order valence-electron chi connectivity index (χ2n) is 11.3. The van der Waals surface area contributed by atoms with Crippen molar-refractivity contribution in [3.8, 4) is 11.3 Å². The van der Waals surface area contributed by atoms with Gasteiger partial charge >= 0.3 is 18.2 Å². The summed E-state index contributed by atoms with van der Waals surface area (Å²) in [6, 6.07) is 5.68. The SMILES string of the molecule is CCN1CCN(c2nc(-c3cc(C(=O)N(OC(=O)C(F)(F)F)C(C)C)ccc3C)c3c(n2)N(c2c(F)cccc2F)C(=O)NC3)CC1. The third-order valence-electron chi connectivity index (χ3n) is 7.89. The number of anilines is 3. The number of likely N-dealkylation sites (N-methyl/N-ethyl adjacent to an activating group) is 1. The number of urea groups is 1. The first-order valence-electron chi connectivity index (χ1n) is 14.8. The summed E-state index contributed by atoms with van der Waals surface area (Å²) in [6.45, 7) is 9.57. The lowest BCUT2D eigenvalue weighted by Crippen LogP contribution is -2.47. The summed E-state index contributed by atoms with van der Waals surface area (Å²) in [4.78, 5) is 57.1. The number of aromatic nitrogens is 2. The number of halogens is 5. The van der Waals surface area contributed by atoms with E-state index in [0.29, 0.717) is 42.4 Å². The summed E-state index contributed by atoms with van der Waals surface area (Å²) in [5.74, 6) is -5.49. The number of nitrogens with one attached hydrogen (secondary N) is 1. The molecule has 47 heavy (non-hydrogen) atoms. The van der Waals surface area contributed by atoms with Crippen LogP contribution in [0.3, 0.4) is 0 Å². The number of benzene rings is 2. The van der Waals surface area contributed by atoms with Crippen molar-refractivity contribution < 1.29 is 41.2 Å². The number of rotatable bonds is 6. The van der Waals surface area contributed by atoms with Crippen molar-refractivity contribution >= 4 is 35.4 Å². The first kappa shape index (κ1) is 33.5. The summed E-state index contributed by atoms with van der Waals surface area (Å²) in [5, 5.41) is 2.94. The summed E-state index contributed by atoms with van der Waals surface area (Å²) in [5.41, 5.74) is 0.640. The molecule has 0 bridgehead atoms. The van der Waals surface area contributed by atoms with Crippen molar-refractivity contribution in [2.75, 3.05) is 42.5 Å². The number of hydrogen-bond acceptors (Lipinski definition) is 8. The second kappa shape index (κ2) is 13.1.